The first-order valence-corrected chi connectivity index (χ1v) is 7.92. The quantitative estimate of drug-likeness (QED) is 0.849. The zero-order valence-corrected chi connectivity index (χ0v) is 14.1. The maximum absolute atomic E-state index is 12.2. The molecule has 2 N–H and O–H groups in total. The molecule has 0 aliphatic rings. The van der Waals surface area contributed by atoms with E-state index in [-0.39, 0.29) is 18.4 Å². The minimum atomic E-state index is -0.894. The molecule has 0 aromatic carbocycles. The van der Waals surface area contributed by atoms with Crippen molar-refractivity contribution in [2.45, 2.75) is 53.6 Å². The van der Waals surface area contributed by atoms with E-state index in [0.29, 0.717) is 10.8 Å². The Morgan fingerprint density at radius 3 is 2.50 bits per heavy atom. The van der Waals surface area contributed by atoms with Crippen LogP contribution >= 0.6 is 11.3 Å². The smallest absolute Gasteiger partial charge is 0.263 e. The summed E-state index contributed by atoms with van der Waals surface area (Å²) in [5.74, 6) is 0.468. The Labute approximate surface area is 125 Å². The van der Waals surface area contributed by atoms with Crippen LogP contribution in [0.25, 0.3) is 0 Å². The molecule has 20 heavy (non-hydrogen) atoms. The molecule has 114 valence electrons. The zero-order chi connectivity index (χ0) is 15.5. The van der Waals surface area contributed by atoms with E-state index < -0.39 is 5.60 Å². The largest absolute Gasteiger partial charge is 0.388 e. The molecule has 1 atom stereocenters. The van der Waals surface area contributed by atoms with Crippen LogP contribution in [0.5, 0.6) is 0 Å². The van der Waals surface area contributed by atoms with E-state index in [1.807, 2.05) is 20.8 Å². The van der Waals surface area contributed by atoms with Crippen LogP contribution in [0.2, 0.25) is 0 Å². The molecule has 0 fully saturated rings. The molecular formula is C15H26N2O2S. The van der Waals surface area contributed by atoms with Gasteiger partial charge in [0, 0.05) is 13.0 Å². The SMILES string of the molecule is Cc1nc(CC(C)C)sc1C(=O)NCC(C)(O)C(C)C. The van der Waals surface area contributed by atoms with Crippen LogP contribution in [0.15, 0.2) is 0 Å². The Balaban J connectivity index is 2.71. The number of hydrogen-bond acceptors (Lipinski definition) is 4. The molecule has 0 bridgehead atoms. The van der Waals surface area contributed by atoms with E-state index >= 15 is 0 Å². The average Bonchev–Trinajstić information content (AvgIpc) is 2.66. The summed E-state index contributed by atoms with van der Waals surface area (Å²) in [5.41, 5.74) is -0.123. The predicted molar refractivity (Wildman–Crippen MR) is 83.2 cm³/mol. The molecule has 1 unspecified atom stereocenters. The van der Waals surface area contributed by atoms with Gasteiger partial charge in [-0.3, -0.25) is 4.79 Å². The average molecular weight is 298 g/mol. The third-order valence-electron chi connectivity index (χ3n) is 3.48. The van der Waals surface area contributed by atoms with Crippen LogP contribution in [0.1, 0.15) is 55.0 Å². The number of hydrogen-bond donors (Lipinski definition) is 2. The van der Waals surface area contributed by atoms with Crippen molar-refractivity contribution in [2.24, 2.45) is 11.8 Å². The van der Waals surface area contributed by atoms with Gasteiger partial charge in [-0.2, -0.15) is 0 Å². The van der Waals surface area contributed by atoms with Crippen molar-refractivity contribution < 1.29 is 9.90 Å². The Hall–Kier alpha value is -0.940. The molecule has 4 nitrogen and oxygen atoms in total. The number of rotatable bonds is 6. The monoisotopic (exact) mass is 298 g/mol. The number of carbonyl (C=O) groups is 1. The van der Waals surface area contributed by atoms with E-state index in [0.717, 1.165) is 17.1 Å². The van der Waals surface area contributed by atoms with E-state index in [9.17, 15) is 9.90 Å². The van der Waals surface area contributed by atoms with Crippen LogP contribution < -0.4 is 5.32 Å². The van der Waals surface area contributed by atoms with Gasteiger partial charge >= 0.3 is 0 Å². The van der Waals surface area contributed by atoms with Crippen molar-refractivity contribution >= 4 is 17.2 Å². The number of carbonyl (C=O) groups excluding carboxylic acids is 1. The van der Waals surface area contributed by atoms with Gasteiger partial charge in [-0.1, -0.05) is 27.7 Å². The second-order valence-corrected chi connectivity index (χ2v) is 7.40. The Morgan fingerprint density at radius 1 is 1.40 bits per heavy atom. The molecule has 0 saturated carbocycles. The highest BCUT2D eigenvalue weighted by Crippen LogP contribution is 2.21. The summed E-state index contributed by atoms with van der Waals surface area (Å²) in [7, 11) is 0. The first kappa shape index (κ1) is 17.1. The lowest BCUT2D eigenvalue weighted by Crippen LogP contribution is -2.44. The van der Waals surface area contributed by atoms with Crippen molar-refractivity contribution in [1.29, 1.82) is 0 Å². The number of nitrogens with one attached hydrogen (secondary N) is 1. The van der Waals surface area contributed by atoms with Crippen LogP contribution in [0.4, 0.5) is 0 Å². The number of nitrogens with zero attached hydrogens (tertiary/aromatic N) is 1. The summed E-state index contributed by atoms with van der Waals surface area (Å²) >= 11 is 1.45. The fourth-order valence-corrected chi connectivity index (χ4v) is 2.84. The molecule has 1 aromatic heterocycles. The Kier molecular flexibility index (Phi) is 5.71. The first-order chi connectivity index (χ1) is 9.13. The summed E-state index contributed by atoms with van der Waals surface area (Å²) < 4.78 is 0. The molecule has 1 aromatic rings. The molecular weight excluding hydrogens is 272 g/mol. The lowest BCUT2D eigenvalue weighted by molar-refractivity contribution is 0.0142. The minimum Gasteiger partial charge on any atom is -0.388 e. The summed E-state index contributed by atoms with van der Waals surface area (Å²) in [6.45, 7) is 12.0. The van der Waals surface area contributed by atoms with Crippen LogP contribution in [-0.4, -0.2) is 28.1 Å². The van der Waals surface area contributed by atoms with Gasteiger partial charge in [0.05, 0.1) is 16.3 Å². The van der Waals surface area contributed by atoms with Crippen molar-refractivity contribution in [2.75, 3.05) is 6.54 Å². The van der Waals surface area contributed by atoms with E-state index in [2.05, 4.69) is 24.1 Å². The summed E-state index contributed by atoms with van der Waals surface area (Å²) in [4.78, 5) is 17.3. The van der Waals surface area contributed by atoms with E-state index in [1.165, 1.54) is 11.3 Å². The Bertz CT molecular complexity index is 464. The third kappa shape index (κ3) is 4.56. The standard InChI is InChI=1S/C15H26N2O2S/c1-9(2)7-12-17-11(5)13(20-12)14(18)16-8-15(6,19)10(3)4/h9-10,19H,7-8H2,1-6H3,(H,16,18). The number of amides is 1. The third-order valence-corrected chi connectivity index (χ3v) is 4.66. The highest BCUT2D eigenvalue weighted by atomic mass is 32.1. The van der Waals surface area contributed by atoms with Gasteiger partial charge < -0.3 is 10.4 Å². The van der Waals surface area contributed by atoms with Crippen LogP contribution in [0, 0.1) is 18.8 Å². The fraction of sp³-hybridized carbons (Fsp3) is 0.733. The lowest BCUT2D eigenvalue weighted by atomic mass is 9.92. The molecule has 0 aliphatic carbocycles. The van der Waals surface area contributed by atoms with Gasteiger partial charge in [0.25, 0.3) is 5.91 Å². The van der Waals surface area contributed by atoms with E-state index in [1.54, 1.807) is 6.92 Å². The van der Waals surface area contributed by atoms with Gasteiger partial charge in [-0.25, -0.2) is 4.98 Å². The van der Waals surface area contributed by atoms with Gasteiger partial charge in [0.15, 0.2) is 0 Å². The second-order valence-electron chi connectivity index (χ2n) is 6.31. The van der Waals surface area contributed by atoms with E-state index in [4.69, 9.17) is 0 Å². The molecule has 1 rings (SSSR count). The number of thiazole rings is 1. The normalized spacial score (nSPS) is 14.7. The number of aromatic nitrogens is 1. The topological polar surface area (TPSA) is 62.2 Å². The summed E-state index contributed by atoms with van der Waals surface area (Å²) in [6.07, 6.45) is 0.891. The highest BCUT2D eigenvalue weighted by molar-refractivity contribution is 7.13. The van der Waals surface area contributed by atoms with Crippen molar-refractivity contribution in [3.8, 4) is 0 Å². The second kappa shape index (κ2) is 6.68. The van der Waals surface area contributed by atoms with Crippen LogP contribution in [0.3, 0.4) is 0 Å². The molecule has 0 radical (unpaired) electrons. The highest BCUT2D eigenvalue weighted by Gasteiger charge is 2.26. The molecule has 0 spiro atoms. The number of aliphatic hydroxyl groups is 1. The van der Waals surface area contributed by atoms with Crippen LogP contribution in [-0.2, 0) is 6.42 Å². The maximum Gasteiger partial charge on any atom is 0.263 e. The first-order valence-electron chi connectivity index (χ1n) is 7.10. The fourth-order valence-electron chi connectivity index (χ4n) is 1.64. The lowest BCUT2D eigenvalue weighted by Gasteiger charge is -2.27. The molecule has 5 heteroatoms. The number of aryl methyl sites for hydroxylation is 1. The Morgan fingerprint density at radius 2 is 2.00 bits per heavy atom. The maximum atomic E-state index is 12.2. The van der Waals surface area contributed by atoms with Crippen molar-refractivity contribution in [1.82, 2.24) is 10.3 Å². The van der Waals surface area contributed by atoms with Gasteiger partial charge in [0.2, 0.25) is 0 Å². The molecule has 0 aliphatic heterocycles. The van der Waals surface area contributed by atoms with Gasteiger partial charge in [-0.05, 0) is 25.7 Å². The van der Waals surface area contributed by atoms with Gasteiger partial charge in [-0.15, -0.1) is 11.3 Å². The van der Waals surface area contributed by atoms with Gasteiger partial charge in [0.1, 0.15) is 4.88 Å². The zero-order valence-electron chi connectivity index (χ0n) is 13.3. The predicted octanol–water partition coefficient (Wildman–Crippen LogP) is 2.79. The molecule has 1 heterocycles. The van der Waals surface area contributed by atoms with Crippen molar-refractivity contribution in [3.05, 3.63) is 15.6 Å². The summed E-state index contributed by atoms with van der Waals surface area (Å²) in [6, 6.07) is 0. The minimum absolute atomic E-state index is 0.0851. The molecule has 1 amide bonds. The molecule has 0 saturated heterocycles. The summed E-state index contributed by atoms with van der Waals surface area (Å²) in [5, 5.41) is 14.0. The van der Waals surface area contributed by atoms with Crippen molar-refractivity contribution in [3.63, 3.8) is 0 Å².